The number of hydrogen-bond acceptors (Lipinski definition) is 6. The van der Waals surface area contributed by atoms with Gasteiger partial charge in [-0.2, -0.15) is 0 Å². The fourth-order valence-electron chi connectivity index (χ4n) is 2.51. The zero-order chi connectivity index (χ0) is 14.8. The van der Waals surface area contributed by atoms with Gasteiger partial charge in [-0.25, -0.2) is 4.68 Å². The van der Waals surface area contributed by atoms with Crippen molar-refractivity contribution in [3.8, 4) is 5.69 Å². The quantitative estimate of drug-likeness (QED) is 0.674. The highest BCUT2D eigenvalue weighted by Gasteiger charge is 2.27. The molecule has 1 unspecified atom stereocenters. The third-order valence-corrected chi connectivity index (χ3v) is 3.49. The topological polar surface area (TPSA) is 109 Å². The predicted octanol–water partition coefficient (Wildman–Crippen LogP) is 1.49. The molecule has 2 aromatic rings. The minimum atomic E-state index is -0.435. The van der Waals surface area contributed by atoms with Gasteiger partial charge in [0.15, 0.2) is 0 Å². The van der Waals surface area contributed by atoms with Crippen LogP contribution in [0.15, 0.2) is 24.3 Å². The Labute approximate surface area is 120 Å². The van der Waals surface area contributed by atoms with Crippen molar-refractivity contribution in [2.24, 2.45) is 5.73 Å². The Bertz CT molecular complexity index is 664. The molecule has 21 heavy (non-hydrogen) atoms. The summed E-state index contributed by atoms with van der Waals surface area (Å²) in [5.41, 5.74) is 7.75. The SMILES string of the molecule is NCc1nnn(-c2cccc([N+](=O)[O-])c2)c1C1CCCO1. The highest BCUT2D eigenvalue weighted by molar-refractivity contribution is 5.44. The average molecular weight is 289 g/mol. The van der Waals surface area contributed by atoms with Crippen molar-refractivity contribution >= 4 is 5.69 Å². The molecule has 1 aliphatic heterocycles. The van der Waals surface area contributed by atoms with Crippen molar-refractivity contribution < 1.29 is 9.66 Å². The molecule has 0 saturated carbocycles. The largest absolute Gasteiger partial charge is 0.372 e. The molecule has 0 radical (unpaired) electrons. The summed E-state index contributed by atoms with van der Waals surface area (Å²) in [6.45, 7) is 0.943. The van der Waals surface area contributed by atoms with Crippen molar-refractivity contribution in [1.82, 2.24) is 15.0 Å². The lowest BCUT2D eigenvalue weighted by Gasteiger charge is -2.13. The zero-order valence-electron chi connectivity index (χ0n) is 11.3. The maximum absolute atomic E-state index is 10.9. The van der Waals surface area contributed by atoms with E-state index in [-0.39, 0.29) is 18.3 Å². The number of nitrogens with zero attached hydrogens (tertiary/aromatic N) is 4. The molecule has 1 saturated heterocycles. The smallest absolute Gasteiger partial charge is 0.271 e. The molecule has 1 fully saturated rings. The van der Waals surface area contributed by atoms with Gasteiger partial charge in [0.05, 0.1) is 16.3 Å². The second-order valence-corrected chi connectivity index (χ2v) is 4.82. The first-order chi connectivity index (χ1) is 10.2. The first kappa shape index (κ1) is 13.7. The first-order valence-electron chi connectivity index (χ1n) is 6.71. The van der Waals surface area contributed by atoms with E-state index in [1.165, 1.54) is 12.1 Å². The van der Waals surface area contributed by atoms with Gasteiger partial charge in [-0.1, -0.05) is 11.3 Å². The minimum absolute atomic E-state index is 0.00980. The lowest BCUT2D eigenvalue weighted by Crippen LogP contribution is -2.11. The van der Waals surface area contributed by atoms with Crippen molar-refractivity contribution in [2.75, 3.05) is 6.61 Å². The number of nitro benzene ring substituents is 1. The molecule has 1 atom stereocenters. The van der Waals surface area contributed by atoms with Crippen LogP contribution in [0.2, 0.25) is 0 Å². The van der Waals surface area contributed by atoms with Crippen LogP contribution in [0.5, 0.6) is 0 Å². The van der Waals surface area contributed by atoms with Gasteiger partial charge >= 0.3 is 0 Å². The summed E-state index contributed by atoms with van der Waals surface area (Å²) in [6.07, 6.45) is 1.72. The Morgan fingerprint density at radius 2 is 2.38 bits per heavy atom. The van der Waals surface area contributed by atoms with Gasteiger partial charge in [0, 0.05) is 25.3 Å². The molecule has 1 aromatic carbocycles. The van der Waals surface area contributed by atoms with Gasteiger partial charge in [-0.05, 0) is 18.9 Å². The van der Waals surface area contributed by atoms with E-state index in [2.05, 4.69) is 10.3 Å². The van der Waals surface area contributed by atoms with Crippen molar-refractivity contribution in [3.05, 3.63) is 45.8 Å². The number of rotatable bonds is 4. The molecule has 3 rings (SSSR count). The van der Waals surface area contributed by atoms with E-state index in [9.17, 15) is 10.1 Å². The Hall–Kier alpha value is -2.32. The van der Waals surface area contributed by atoms with E-state index in [0.717, 1.165) is 18.5 Å². The van der Waals surface area contributed by atoms with Crippen molar-refractivity contribution in [1.29, 1.82) is 0 Å². The number of nitrogens with two attached hydrogens (primary N) is 1. The fourth-order valence-corrected chi connectivity index (χ4v) is 2.51. The van der Waals surface area contributed by atoms with E-state index in [1.54, 1.807) is 16.8 Å². The number of ether oxygens (including phenoxy) is 1. The fraction of sp³-hybridized carbons (Fsp3) is 0.385. The van der Waals surface area contributed by atoms with Gasteiger partial charge in [0.2, 0.25) is 0 Å². The Morgan fingerprint density at radius 3 is 3.05 bits per heavy atom. The van der Waals surface area contributed by atoms with E-state index in [4.69, 9.17) is 10.5 Å². The van der Waals surface area contributed by atoms with Crippen LogP contribution in [0, 0.1) is 10.1 Å². The van der Waals surface area contributed by atoms with Crippen LogP contribution in [-0.2, 0) is 11.3 Å². The summed E-state index contributed by atoms with van der Waals surface area (Å²) >= 11 is 0. The normalized spacial score (nSPS) is 18.0. The predicted molar refractivity (Wildman–Crippen MR) is 73.8 cm³/mol. The molecule has 110 valence electrons. The van der Waals surface area contributed by atoms with Gasteiger partial charge in [0.1, 0.15) is 11.8 Å². The molecule has 0 aliphatic carbocycles. The van der Waals surface area contributed by atoms with Gasteiger partial charge < -0.3 is 10.5 Å². The number of nitro groups is 1. The van der Waals surface area contributed by atoms with Crippen LogP contribution >= 0.6 is 0 Å². The monoisotopic (exact) mass is 289 g/mol. The average Bonchev–Trinajstić information content (AvgIpc) is 3.15. The molecule has 1 aromatic heterocycles. The summed E-state index contributed by atoms with van der Waals surface area (Å²) < 4.78 is 7.28. The molecule has 2 heterocycles. The Morgan fingerprint density at radius 1 is 1.52 bits per heavy atom. The second-order valence-electron chi connectivity index (χ2n) is 4.82. The van der Waals surface area contributed by atoms with Crippen molar-refractivity contribution in [2.45, 2.75) is 25.5 Å². The van der Waals surface area contributed by atoms with Crippen LogP contribution in [0.4, 0.5) is 5.69 Å². The lowest BCUT2D eigenvalue weighted by molar-refractivity contribution is -0.384. The molecule has 2 N–H and O–H groups in total. The Balaban J connectivity index is 2.07. The van der Waals surface area contributed by atoms with Gasteiger partial charge in [-0.3, -0.25) is 10.1 Å². The number of aromatic nitrogens is 3. The van der Waals surface area contributed by atoms with Gasteiger partial charge in [-0.15, -0.1) is 5.10 Å². The van der Waals surface area contributed by atoms with Gasteiger partial charge in [0.25, 0.3) is 5.69 Å². The molecular formula is C13H15N5O3. The third-order valence-electron chi connectivity index (χ3n) is 3.49. The highest BCUT2D eigenvalue weighted by atomic mass is 16.6. The van der Waals surface area contributed by atoms with Crippen molar-refractivity contribution in [3.63, 3.8) is 0 Å². The van der Waals surface area contributed by atoms with Crippen LogP contribution < -0.4 is 5.73 Å². The summed E-state index contributed by atoms with van der Waals surface area (Å²) in [5, 5.41) is 19.1. The van der Waals surface area contributed by atoms with Crippen LogP contribution in [-0.4, -0.2) is 26.5 Å². The minimum Gasteiger partial charge on any atom is -0.372 e. The van der Waals surface area contributed by atoms with E-state index >= 15 is 0 Å². The maximum atomic E-state index is 10.9. The van der Waals surface area contributed by atoms with E-state index in [0.29, 0.717) is 18.0 Å². The molecule has 0 spiro atoms. The maximum Gasteiger partial charge on any atom is 0.271 e. The first-order valence-corrected chi connectivity index (χ1v) is 6.71. The summed E-state index contributed by atoms with van der Waals surface area (Å²) in [7, 11) is 0. The lowest BCUT2D eigenvalue weighted by atomic mass is 10.1. The standard InChI is InChI=1S/C13H15N5O3/c14-8-11-13(12-5-2-6-21-12)17(16-15-11)9-3-1-4-10(7-9)18(19)20/h1,3-4,7,12H,2,5-6,8,14H2. The molecule has 1 aliphatic rings. The molecule has 0 bridgehead atoms. The van der Waals surface area contributed by atoms with Crippen LogP contribution in [0.3, 0.4) is 0 Å². The van der Waals surface area contributed by atoms with E-state index in [1.807, 2.05) is 0 Å². The number of benzene rings is 1. The molecule has 8 nitrogen and oxygen atoms in total. The summed E-state index contributed by atoms with van der Waals surface area (Å²) in [4.78, 5) is 10.5. The van der Waals surface area contributed by atoms with Crippen LogP contribution in [0.1, 0.15) is 30.3 Å². The number of hydrogen-bond donors (Lipinski definition) is 1. The zero-order valence-corrected chi connectivity index (χ0v) is 11.3. The number of non-ortho nitro benzene ring substituents is 1. The molecule has 0 amide bonds. The Kier molecular flexibility index (Phi) is 3.63. The van der Waals surface area contributed by atoms with E-state index < -0.39 is 4.92 Å². The highest BCUT2D eigenvalue weighted by Crippen LogP contribution is 2.31. The summed E-state index contributed by atoms with van der Waals surface area (Å²) in [5.74, 6) is 0. The third kappa shape index (κ3) is 2.50. The van der Waals surface area contributed by atoms with Crippen LogP contribution in [0.25, 0.3) is 5.69 Å². The molecule has 8 heteroatoms. The summed E-state index contributed by atoms with van der Waals surface area (Å²) in [6, 6.07) is 6.28. The second kappa shape index (κ2) is 5.58. The molecular weight excluding hydrogens is 274 g/mol.